The standard InChI is InChI=1S/C15H18N2O5S/c18-15(14-9-13(14)10-1-2-10)16-7-8-23(21,22)12-5-3-11(4-6-12)17(19)20/h3-6,10,13-14H,1-2,7-9H2,(H,16,18)/t13-,14+/m0/s1. The minimum Gasteiger partial charge on any atom is -0.355 e. The van der Waals surface area contributed by atoms with E-state index in [1.807, 2.05) is 0 Å². The highest BCUT2D eigenvalue weighted by Gasteiger charge is 2.50. The second-order valence-electron chi connectivity index (χ2n) is 6.20. The third-order valence-corrected chi connectivity index (χ3v) is 6.21. The van der Waals surface area contributed by atoms with Crippen LogP contribution in [0.3, 0.4) is 0 Å². The van der Waals surface area contributed by atoms with Gasteiger partial charge in [0.05, 0.1) is 15.6 Å². The Kier molecular flexibility index (Phi) is 4.09. The Hall–Kier alpha value is -1.96. The van der Waals surface area contributed by atoms with Crippen molar-refractivity contribution >= 4 is 21.4 Å². The summed E-state index contributed by atoms with van der Waals surface area (Å²) in [4.78, 5) is 21.9. The Balaban J connectivity index is 1.50. The molecule has 1 N–H and O–H groups in total. The van der Waals surface area contributed by atoms with Crippen LogP contribution < -0.4 is 5.32 Å². The highest BCUT2D eigenvalue weighted by Crippen LogP contribution is 2.54. The lowest BCUT2D eigenvalue weighted by Gasteiger charge is -2.06. The van der Waals surface area contributed by atoms with E-state index in [0.717, 1.165) is 18.6 Å². The number of carbonyl (C=O) groups excluding carboxylic acids is 1. The molecule has 1 aromatic rings. The molecule has 2 fully saturated rings. The van der Waals surface area contributed by atoms with Crippen molar-refractivity contribution in [2.45, 2.75) is 24.2 Å². The molecule has 0 bridgehead atoms. The van der Waals surface area contributed by atoms with Gasteiger partial charge in [-0.2, -0.15) is 0 Å². The summed E-state index contributed by atoms with van der Waals surface area (Å²) in [6, 6.07) is 4.77. The molecular formula is C15H18N2O5S. The zero-order valence-electron chi connectivity index (χ0n) is 12.5. The molecule has 0 heterocycles. The molecule has 0 aromatic heterocycles. The largest absolute Gasteiger partial charge is 0.355 e. The van der Waals surface area contributed by atoms with Crippen LogP contribution in [0.4, 0.5) is 5.69 Å². The highest BCUT2D eigenvalue weighted by atomic mass is 32.2. The van der Waals surface area contributed by atoms with Crippen molar-refractivity contribution in [3.63, 3.8) is 0 Å². The zero-order chi connectivity index (χ0) is 16.6. The lowest BCUT2D eigenvalue weighted by Crippen LogP contribution is -2.30. The molecule has 23 heavy (non-hydrogen) atoms. The monoisotopic (exact) mass is 338 g/mol. The van der Waals surface area contributed by atoms with Gasteiger partial charge in [0.15, 0.2) is 9.84 Å². The minimum absolute atomic E-state index is 0.0274. The molecule has 2 saturated carbocycles. The van der Waals surface area contributed by atoms with Gasteiger partial charge in [0.2, 0.25) is 5.91 Å². The average Bonchev–Trinajstić information content (AvgIpc) is 3.38. The normalized spacial score (nSPS) is 23.3. The number of nitro benzene ring substituents is 1. The predicted molar refractivity (Wildman–Crippen MR) is 82.5 cm³/mol. The number of amides is 1. The van der Waals surface area contributed by atoms with Gasteiger partial charge in [-0.25, -0.2) is 8.42 Å². The Morgan fingerprint density at radius 3 is 2.48 bits per heavy atom. The van der Waals surface area contributed by atoms with E-state index in [4.69, 9.17) is 0 Å². The van der Waals surface area contributed by atoms with Gasteiger partial charge in [-0.15, -0.1) is 0 Å². The van der Waals surface area contributed by atoms with Crippen molar-refractivity contribution in [3.8, 4) is 0 Å². The van der Waals surface area contributed by atoms with E-state index in [1.54, 1.807) is 0 Å². The van der Waals surface area contributed by atoms with Crippen molar-refractivity contribution < 1.29 is 18.1 Å². The Morgan fingerprint density at radius 2 is 1.91 bits per heavy atom. The molecule has 2 aliphatic carbocycles. The van der Waals surface area contributed by atoms with Gasteiger partial charge in [0.25, 0.3) is 5.69 Å². The Morgan fingerprint density at radius 1 is 1.26 bits per heavy atom. The van der Waals surface area contributed by atoms with E-state index in [-0.39, 0.29) is 34.7 Å². The van der Waals surface area contributed by atoms with Crippen LogP contribution in [0.2, 0.25) is 0 Å². The van der Waals surface area contributed by atoms with E-state index < -0.39 is 14.8 Å². The molecule has 8 heteroatoms. The summed E-state index contributed by atoms with van der Waals surface area (Å²) in [5.74, 6) is 0.999. The van der Waals surface area contributed by atoms with Crippen LogP contribution in [0, 0.1) is 27.9 Å². The Labute approximate surface area is 134 Å². The van der Waals surface area contributed by atoms with Gasteiger partial charge in [0, 0.05) is 24.6 Å². The second kappa shape index (κ2) is 5.92. The maximum absolute atomic E-state index is 12.1. The maximum atomic E-state index is 12.1. The SMILES string of the molecule is O=C(NCCS(=O)(=O)c1ccc([N+](=O)[O-])cc1)[C@@H]1C[C@H]1C1CC1. The molecule has 0 spiro atoms. The number of non-ortho nitro benzene ring substituents is 1. The number of hydrogen-bond donors (Lipinski definition) is 1. The first-order chi connectivity index (χ1) is 10.9. The number of rotatable bonds is 7. The third kappa shape index (κ3) is 3.69. The topological polar surface area (TPSA) is 106 Å². The van der Waals surface area contributed by atoms with Crippen LogP contribution in [0.25, 0.3) is 0 Å². The molecule has 0 aliphatic heterocycles. The molecule has 2 atom stereocenters. The van der Waals surface area contributed by atoms with Gasteiger partial charge in [-0.05, 0) is 43.2 Å². The van der Waals surface area contributed by atoms with Crippen LogP contribution in [0.5, 0.6) is 0 Å². The summed E-state index contributed by atoms with van der Waals surface area (Å²) in [5.41, 5.74) is -0.155. The van der Waals surface area contributed by atoms with E-state index in [0.29, 0.717) is 11.8 Å². The maximum Gasteiger partial charge on any atom is 0.269 e. The number of nitro groups is 1. The first kappa shape index (κ1) is 15.9. The molecule has 3 rings (SSSR count). The van der Waals surface area contributed by atoms with Crippen LogP contribution in [-0.2, 0) is 14.6 Å². The summed E-state index contributed by atoms with van der Waals surface area (Å²) < 4.78 is 24.3. The fourth-order valence-electron chi connectivity index (χ4n) is 2.89. The smallest absolute Gasteiger partial charge is 0.269 e. The summed E-state index contributed by atoms with van der Waals surface area (Å²) >= 11 is 0. The highest BCUT2D eigenvalue weighted by molar-refractivity contribution is 7.91. The summed E-state index contributed by atoms with van der Waals surface area (Å²) in [5, 5.41) is 13.3. The molecule has 1 amide bonds. The lowest BCUT2D eigenvalue weighted by atomic mass is 10.2. The van der Waals surface area contributed by atoms with Gasteiger partial charge in [-0.3, -0.25) is 14.9 Å². The van der Waals surface area contributed by atoms with Crippen molar-refractivity contribution in [1.29, 1.82) is 0 Å². The summed E-state index contributed by atoms with van der Waals surface area (Å²) in [7, 11) is -3.56. The predicted octanol–water partition coefficient (Wildman–Crippen LogP) is 1.53. The molecule has 1 aromatic carbocycles. The summed E-state index contributed by atoms with van der Waals surface area (Å²) in [6.07, 6.45) is 3.34. The number of nitrogens with one attached hydrogen (secondary N) is 1. The van der Waals surface area contributed by atoms with Crippen LogP contribution >= 0.6 is 0 Å². The zero-order valence-corrected chi connectivity index (χ0v) is 13.3. The van der Waals surface area contributed by atoms with E-state index in [9.17, 15) is 23.3 Å². The fraction of sp³-hybridized carbons (Fsp3) is 0.533. The van der Waals surface area contributed by atoms with Crippen molar-refractivity contribution in [2.75, 3.05) is 12.3 Å². The average molecular weight is 338 g/mol. The quantitative estimate of drug-likeness (QED) is 0.599. The van der Waals surface area contributed by atoms with Gasteiger partial charge >= 0.3 is 0 Å². The fourth-order valence-corrected chi connectivity index (χ4v) is 4.05. The van der Waals surface area contributed by atoms with Crippen molar-refractivity contribution in [1.82, 2.24) is 5.32 Å². The van der Waals surface area contributed by atoms with Crippen LogP contribution in [0.15, 0.2) is 29.2 Å². The van der Waals surface area contributed by atoms with E-state index in [1.165, 1.54) is 25.0 Å². The third-order valence-electron chi connectivity index (χ3n) is 4.48. The number of sulfone groups is 1. The van der Waals surface area contributed by atoms with Gasteiger partial charge in [-0.1, -0.05) is 0 Å². The van der Waals surface area contributed by atoms with Gasteiger partial charge < -0.3 is 5.32 Å². The molecular weight excluding hydrogens is 320 g/mol. The van der Waals surface area contributed by atoms with Crippen LogP contribution in [-0.4, -0.2) is 31.5 Å². The molecule has 0 radical (unpaired) electrons. The van der Waals surface area contributed by atoms with Crippen molar-refractivity contribution in [3.05, 3.63) is 34.4 Å². The van der Waals surface area contributed by atoms with E-state index >= 15 is 0 Å². The molecule has 0 unspecified atom stereocenters. The first-order valence-corrected chi connectivity index (χ1v) is 9.28. The summed E-state index contributed by atoms with van der Waals surface area (Å²) in [6.45, 7) is 0.0615. The number of hydrogen-bond acceptors (Lipinski definition) is 5. The van der Waals surface area contributed by atoms with Gasteiger partial charge in [0.1, 0.15) is 0 Å². The molecule has 124 valence electrons. The molecule has 0 saturated heterocycles. The molecule has 2 aliphatic rings. The first-order valence-electron chi connectivity index (χ1n) is 7.63. The number of benzene rings is 1. The Bertz CT molecular complexity index is 725. The number of nitrogens with zero attached hydrogens (tertiary/aromatic N) is 1. The number of carbonyl (C=O) groups is 1. The lowest BCUT2D eigenvalue weighted by molar-refractivity contribution is -0.384. The van der Waals surface area contributed by atoms with Crippen molar-refractivity contribution in [2.24, 2.45) is 17.8 Å². The van der Waals surface area contributed by atoms with Crippen LogP contribution in [0.1, 0.15) is 19.3 Å². The minimum atomic E-state index is -3.56. The molecule has 7 nitrogen and oxygen atoms in total. The second-order valence-corrected chi connectivity index (χ2v) is 8.31. The van der Waals surface area contributed by atoms with E-state index in [2.05, 4.69) is 5.32 Å².